The zero-order chi connectivity index (χ0) is 10.7. The quantitative estimate of drug-likeness (QED) is 0.776. The summed E-state index contributed by atoms with van der Waals surface area (Å²) < 4.78 is 11.2. The van der Waals surface area contributed by atoms with Crippen molar-refractivity contribution in [2.24, 2.45) is 5.73 Å². The maximum absolute atomic E-state index is 11.2. The van der Waals surface area contributed by atoms with Gasteiger partial charge in [0.25, 0.3) is 0 Å². The first-order valence-electron chi connectivity index (χ1n) is 5.05. The molecule has 82 valence electrons. The summed E-state index contributed by atoms with van der Waals surface area (Å²) in [6.07, 6.45) is 1.76. The van der Waals surface area contributed by atoms with E-state index in [0.717, 1.165) is 36.0 Å². The smallest absolute Gasteiger partial charge is 0.0772 e. The van der Waals surface area contributed by atoms with E-state index in [-0.39, 0.29) is 0 Å². The van der Waals surface area contributed by atoms with Crippen molar-refractivity contribution in [2.75, 3.05) is 29.5 Å². The van der Waals surface area contributed by atoms with E-state index >= 15 is 0 Å². The van der Waals surface area contributed by atoms with Crippen LogP contribution in [0.4, 0.5) is 5.69 Å². The molecule has 0 aliphatic carbocycles. The van der Waals surface area contributed by atoms with E-state index in [9.17, 15) is 4.21 Å². The molecule has 0 aromatic carbocycles. The lowest BCUT2D eigenvalue weighted by Crippen LogP contribution is -2.38. The number of nitrogens with zero attached hydrogens (tertiary/aromatic N) is 2. The second kappa shape index (κ2) is 4.72. The second-order valence-electron chi connectivity index (χ2n) is 3.51. The predicted molar refractivity (Wildman–Crippen MR) is 62.2 cm³/mol. The van der Waals surface area contributed by atoms with Gasteiger partial charge in [-0.25, -0.2) is 0 Å². The van der Waals surface area contributed by atoms with Crippen LogP contribution in [-0.2, 0) is 17.3 Å². The fourth-order valence-electron chi connectivity index (χ4n) is 1.75. The van der Waals surface area contributed by atoms with Crippen LogP contribution in [0.15, 0.2) is 18.3 Å². The van der Waals surface area contributed by atoms with Gasteiger partial charge in [-0.2, -0.15) is 0 Å². The molecular formula is C10H15N3OS. The van der Waals surface area contributed by atoms with Crippen molar-refractivity contribution in [2.45, 2.75) is 6.54 Å². The lowest BCUT2D eigenvalue weighted by Gasteiger charge is -2.29. The lowest BCUT2D eigenvalue weighted by molar-refractivity contribution is 0.672. The summed E-state index contributed by atoms with van der Waals surface area (Å²) in [7, 11) is -0.637. The highest BCUT2D eigenvalue weighted by atomic mass is 32.2. The summed E-state index contributed by atoms with van der Waals surface area (Å²) in [4.78, 5) is 6.47. The molecule has 0 bridgehead atoms. The maximum Gasteiger partial charge on any atom is 0.0772 e. The zero-order valence-electron chi connectivity index (χ0n) is 8.56. The third-order valence-corrected chi connectivity index (χ3v) is 3.85. The van der Waals surface area contributed by atoms with Gasteiger partial charge in [-0.1, -0.05) is 0 Å². The van der Waals surface area contributed by atoms with Crippen LogP contribution in [0, 0.1) is 0 Å². The minimum absolute atomic E-state index is 0.454. The van der Waals surface area contributed by atoms with Gasteiger partial charge in [0.05, 0.1) is 11.4 Å². The van der Waals surface area contributed by atoms with Crippen molar-refractivity contribution >= 4 is 16.5 Å². The van der Waals surface area contributed by atoms with E-state index < -0.39 is 10.8 Å². The van der Waals surface area contributed by atoms with Gasteiger partial charge < -0.3 is 10.6 Å². The van der Waals surface area contributed by atoms with Crippen molar-refractivity contribution < 1.29 is 4.21 Å². The molecule has 2 N–H and O–H groups in total. The van der Waals surface area contributed by atoms with E-state index in [1.54, 1.807) is 6.20 Å². The average molecular weight is 225 g/mol. The van der Waals surface area contributed by atoms with Crippen molar-refractivity contribution in [3.8, 4) is 0 Å². The highest BCUT2D eigenvalue weighted by Crippen LogP contribution is 2.19. The number of aromatic nitrogens is 1. The van der Waals surface area contributed by atoms with E-state index in [1.165, 1.54) is 0 Å². The molecular weight excluding hydrogens is 210 g/mol. The summed E-state index contributed by atoms with van der Waals surface area (Å²) in [5.41, 5.74) is 7.65. The van der Waals surface area contributed by atoms with Crippen molar-refractivity contribution in [3.63, 3.8) is 0 Å². The van der Waals surface area contributed by atoms with Gasteiger partial charge in [0.2, 0.25) is 0 Å². The molecule has 1 aromatic rings. The van der Waals surface area contributed by atoms with E-state index in [0.29, 0.717) is 6.54 Å². The number of hydrogen-bond donors (Lipinski definition) is 1. The summed E-state index contributed by atoms with van der Waals surface area (Å²) in [5, 5.41) is 0. The van der Waals surface area contributed by atoms with Crippen LogP contribution in [-0.4, -0.2) is 33.8 Å². The largest absolute Gasteiger partial charge is 0.368 e. The van der Waals surface area contributed by atoms with Crippen molar-refractivity contribution in [3.05, 3.63) is 24.0 Å². The third-order valence-electron chi connectivity index (χ3n) is 2.58. The molecule has 2 rings (SSSR count). The molecule has 0 spiro atoms. The molecule has 1 fully saturated rings. The molecule has 0 radical (unpaired) electrons. The summed E-state index contributed by atoms with van der Waals surface area (Å²) in [6.45, 7) is 2.13. The van der Waals surface area contributed by atoms with Gasteiger partial charge in [-0.15, -0.1) is 0 Å². The Labute approximate surface area is 91.9 Å². The van der Waals surface area contributed by atoms with Crippen LogP contribution >= 0.6 is 0 Å². The normalized spacial score (nSPS) is 18.1. The van der Waals surface area contributed by atoms with Gasteiger partial charge in [-0.05, 0) is 12.1 Å². The molecule has 1 aliphatic heterocycles. The predicted octanol–water partition coefficient (Wildman–Crippen LogP) is 0.109. The van der Waals surface area contributed by atoms with E-state index in [1.807, 2.05) is 12.1 Å². The van der Waals surface area contributed by atoms with Gasteiger partial charge in [-0.3, -0.25) is 9.19 Å². The molecule has 0 amide bonds. The lowest BCUT2D eigenvalue weighted by atomic mass is 10.2. The standard InChI is InChI=1S/C10H15N3OS/c11-8-9-10(2-1-3-12-9)13-4-6-15(14)7-5-13/h1-3H,4-8,11H2. The number of nitrogens with two attached hydrogens (primary N) is 1. The zero-order valence-corrected chi connectivity index (χ0v) is 9.37. The van der Waals surface area contributed by atoms with Crippen LogP contribution in [0.3, 0.4) is 0 Å². The van der Waals surface area contributed by atoms with Gasteiger partial charge in [0, 0.05) is 48.1 Å². The molecule has 1 aliphatic rings. The van der Waals surface area contributed by atoms with Crippen LogP contribution in [0.5, 0.6) is 0 Å². The molecule has 1 aromatic heterocycles. The summed E-state index contributed by atoms with van der Waals surface area (Å²) >= 11 is 0. The molecule has 1 saturated heterocycles. The monoisotopic (exact) mass is 225 g/mol. The molecule has 15 heavy (non-hydrogen) atoms. The van der Waals surface area contributed by atoms with Crippen molar-refractivity contribution in [1.82, 2.24) is 4.98 Å². The van der Waals surface area contributed by atoms with Crippen LogP contribution in [0.2, 0.25) is 0 Å². The minimum Gasteiger partial charge on any atom is -0.368 e. The number of anilines is 1. The van der Waals surface area contributed by atoms with E-state index in [2.05, 4.69) is 9.88 Å². The summed E-state index contributed by atoms with van der Waals surface area (Å²) in [5.74, 6) is 1.50. The highest BCUT2D eigenvalue weighted by Gasteiger charge is 2.17. The Bertz CT molecular complexity index is 359. The minimum atomic E-state index is -0.637. The van der Waals surface area contributed by atoms with Crippen LogP contribution in [0.1, 0.15) is 5.69 Å². The van der Waals surface area contributed by atoms with Gasteiger partial charge in [0.1, 0.15) is 0 Å². The molecule has 0 saturated carbocycles. The maximum atomic E-state index is 11.2. The fourth-order valence-corrected chi connectivity index (χ4v) is 2.81. The average Bonchev–Trinajstić information content (AvgIpc) is 2.30. The van der Waals surface area contributed by atoms with Gasteiger partial charge in [0.15, 0.2) is 0 Å². The fraction of sp³-hybridized carbons (Fsp3) is 0.500. The molecule has 2 heterocycles. The Morgan fingerprint density at radius 2 is 2.20 bits per heavy atom. The number of pyridine rings is 1. The molecule has 0 unspecified atom stereocenters. The molecule has 4 nitrogen and oxygen atoms in total. The Morgan fingerprint density at radius 1 is 1.47 bits per heavy atom. The summed E-state index contributed by atoms with van der Waals surface area (Å²) in [6, 6.07) is 3.95. The highest BCUT2D eigenvalue weighted by molar-refractivity contribution is 7.85. The Hall–Kier alpha value is -0.940. The second-order valence-corrected chi connectivity index (χ2v) is 5.20. The van der Waals surface area contributed by atoms with Crippen LogP contribution in [0.25, 0.3) is 0 Å². The molecule has 5 heteroatoms. The Morgan fingerprint density at radius 3 is 2.87 bits per heavy atom. The SMILES string of the molecule is NCc1ncccc1N1CCS(=O)CC1. The molecule has 0 atom stereocenters. The topological polar surface area (TPSA) is 59.2 Å². The first kappa shape index (κ1) is 10.6. The van der Waals surface area contributed by atoms with Crippen LogP contribution < -0.4 is 10.6 Å². The van der Waals surface area contributed by atoms with Gasteiger partial charge >= 0.3 is 0 Å². The Kier molecular flexibility index (Phi) is 3.33. The first-order chi connectivity index (χ1) is 7.31. The number of rotatable bonds is 2. The first-order valence-corrected chi connectivity index (χ1v) is 6.54. The van der Waals surface area contributed by atoms with E-state index in [4.69, 9.17) is 5.73 Å². The number of hydrogen-bond acceptors (Lipinski definition) is 4. The Balaban J connectivity index is 2.18. The third kappa shape index (κ3) is 2.35. The van der Waals surface area contributed by atoms with Crippen molar-refractivity contribution in [1.29, 1.82) is 0 Å².